The van der Waals surface area contributed by atoms with E-state index in [1.807, 2.05) is 41.3 Å². The summed E-state index contributed by atoms with van der Waals surface area (Å²) in [6.07, 6.45) is 1.86. The Morgan fingerprint density at radius 1 is 1.13 bits per heavy atom. The van der Waals surface area contributed by atoms with Crippen LogP contribution in [0.2, 0.25) is 0 Å². The van der Waals surface area contributed by atoms with E-state index in [1.54, 1.807) is 19.1 Å². The van der Waals surface area contributed by atoms with Gasteiger partial charge in [0.25, 0.3) is 5.91 Å². The molecule has 0 aromatic heterocycles. The molecular weight excluding hydrogens is 382 g/mol. The van der Waals surface area contributed by atoms with Gasteiger partial charge in [0.1, 0.15) is 0 Å². The van der Waals surface area contributed by atoms with Gasteiger partial charge in [-0.05, 0) is 42.7 Å². The summed E-state index contributed by atoms with van der Waals surface area (Å²) < 4.78 is 15.8. The number of carbonyl (C=O) groups excluding carboxylic acids is 2. The molecule has 0 unspecified atom stereocenters. The van der Waals surface area contributed by atoms with Gasteiger partial charge in [-0.15, -0.1) is 0 Å². The zero-order valence-electron chi connectivity index (χ0n) is 17.8. The van der Waals surface area contributed by atoms with Crippen LogP contribution in [0, 0.1) is 5.92 Å². The highest BCUT2D eigenvalue weighted by Gasteiger charge is 2.32. The summed E-state index contributed by atoms with van der Waals surface area (Å²) in [5.74, 6) is 0.826. The van der Waals surface area contributed by atoms with Gasteiger partial charge < -0.3 is 19.1 Å². The van der Waals surface area contributed by atoms with E-state index in [0.717, 1.165) is 16.8 Å². The number of hydrogen-bond donors (Lipinski definition) is 0. The molecule has 1 heterocycles. The Morgan fingerprint density at radius 2 is 1.90 bits per heavy atom. The maximum absolute atomic E-state index is 13.1. The molecule has 0 saturated heterocycles. The summed E-state index contributed by atoms with van der Waals surface area (Å²) in [5.41, 5.74) is 3.31. The summed E-state index contributed by atoms with van der Waals surface area (Å²) in [6.45, 7) is 6.70. The van der Waals surface area contributed by atoms with Crippen LogP contribution in [0.1, 0.15) is 31.9 Å². The van der Waals surface area contributed by atoms with Gasteiger partial charge in [-0.2, -0.15) is 0 Å². The Hall–Kier alpha value is -3.28. The Morgan fingerprint density at radius 3 is 2.60 bits per heavy atom. The van der Waals surface area contributed by atoms with Crippen molar-refractivity contribution in [2.24, 2.45) is 5.92 Å². The van der Waals surface area contributed by atoms with Crippen LogP contribution in [0.15, 0.2) is 42.5 Å². The predicted octanol–water partition coefficient (Wildman–Crippen LogP) is 4.18. The number of nitrogens with zero attached hydrogens (tertiary/aromatic N) is 1. The molecule has 0 fully saturated rings. The molecule has 1 aliphatic heterocycles. The number of esters is 1. The molecule has 0 aliphatic carbocycles. The summed E-state index contributed by atoms with van der Waals surface area (Å²) in [6, 6.07) is 13.2. The van der Waals surface area contributed by atoms with Crippen molar-refractivity contribution in [1.29, 1.82) is 0 Å². The molecule has 0 atom stereocenters. The van der Waals surface area contributed by atoms with E-state index in [1.165, 1.54) is 7.11 Å². The molecule has 2 aromatic rings. The molecule has 0 N–H and O–H groups in total. The number of amides is 1. The lowest BCUT2D eigenvalue weighted by atomic mass is 10.0. The van der Waals surface area contributed by atoms with Crippen molar-refractivity contribution >= 4 is 29.2 Å². The number of para-hydroxylation sites is 1. The van der Waals surface area contributed by atoms with Crippen molar-refractivity contribution in [1.82, 2.24) is 0 Å². The van der Waals surface area contributed by atoms with Crippen molar-refractivity contribution in [2.75, 3.05) is 31.8 Å². The number of benzene rings is 2. The van der Waals surface area contributed by atoms with Crippen molar-refractivity contribution < 1.29 is 23.8 Å². The number of carbonyl (C=O) groups is 2. The maximum atomic E-state index is 13.1. The number of rotatable bonds is 8. The molecular formula is C24H27NO5. The predicted molar refractivity (Wildman–Crippen MR) is 117 cm³/mol. The summed E-state index contributed by atoms with van der Waals surface area (Å²) in [7, 11) is 1.53. The topological polar surface area (TPSA) is 65.1 Å². The van der Waals surface area contributed by atoms with Gasteiger partial charge in [0.2, 0.25) is 0 Å². The van der Waals surface area contributed by atoms with E-state index >= 15 is 0 Å². The molecule has 1 aliphatic rings. The van der Waals surface area contributed by atoms with Gasteiger partial charge in [0.15, 0.2) is 18.1 Å². The van der Waals surface area contributed by atoms with Gasteiger partial charge in [0, 0.05) is 17.7 Å². The molecule has 0 saturated carbocycles. The lowest BCUT2D eigenvalue weighted by molar-refractivity contribution is -0.145. The molecule has 1 amide bonds. The van der Waals surface area contributed by atoms with Crippen molar-refractivity contribution in [2.45, 2.75) is 20.8 Å². The summed E-state index contributed by atoms with van der Waals surface area (Å²) in [5, 5.41) is 0. The fourth-order valence-electron chi connectivity index (χ4n) is 3.39. The molecule has 158 valence electrons. The van der Waals surface area contributed by atoms with Gasteiger partial charge in [-0.25, -0.2) is 4.79 Å². The van der Waals surface area contributed by atoms with Crippen LogP contribution in [0.4, 0.5) is 5.69 Å². The minimum Gasteiger partial charge on any atom is -0.493 e. The average Bonchev–Trinajstić information content (AvgIpc) is 2.98. The van der Waals surface area contributed by atoms with Gasteiger partial charge in [-0.1, -0.05) is 38.1 Å². The molecule has 6 nitrogen and oxygen atoms in total. The zero-order valence-corrected chi connectivity index (χ0v) is 17.8. The number of ether oxygens (including phenoxy) is 3. The summed E-state index contributed by atoms with van der Waals surface area (Å²) >= 11 is 0. The first-order valence-corrected chi connectivity index (χ1v) is 10.0. The second-order valence-electron chi connectivity index (χ2n) is 7.39. The minimum atomic E-state index is -0.441. The van der Waals surface area contributed by atoms with E-state index in [9.17, 15) is 9.59 Å². The molecule has 3 rings (SSSR count). The molecule has 30 heavy (non-hydrogen) atoms. The molecule has 0 radical (unpaired) electrons. The van der Waals surface area contributed by atoms with E-state index in [0.29, 0.717) is 36.1 Å². The third kappa shape index (κ3) is 4.64. The van der Waals surface area contributed by atoms with Crippen LogP contribution in [0.5, 0.6) is 11.5 Å². The van der Waals surface area contributed by atoms with Gasteiger partial charge >= 0.3 is 5.97 Å². The average molecular weight is 409 g/mol. The zero-order chi connectivity index (χ0) is 21.7. The van der Waals surface area contributed by atoms with Crippen LogP contribution >= 0.6 is 0 Å². The lowest BCUT2D eigenvalue weighted by Gasteiger charge is -2.19. The third-order valence-electron chi connectivity index (χ3n) is 4.66. The van der Waals surface area contributed by atoms with Crippen molar-refractivity contribution in [3.63, 3.8) is 0 Å². The molecule has 6 heteroatoms. The highest BCUT2D eigenvalue weighted by molar-refractivity contribution is 6.35. The van der Waals surface area contributed by atoms with E-state index in [4.69, 9.17) is 14.2 Å². The fourth-order valence-corrected chi connectivity index (χ4v) is 3.39. The van der Waals surface area contributed by atoms with Crippen molar-refractivity contribution in [3.05, 3.63) is 53.6 Å². The smallest absolute Gasteiger partial charge is 0.344 e. The Balaban J connectivity index is 1.89. The van der Waals surface area contributed by atoms with E-state index in [-0.39, 0.29) is 12.5 Å². The quantitative estimate of drug-likeness (QED) is 0.483. The van der Waals surface area contributed by atoms with Gasteiger partial charge in [-0.3, -0.25) is 4.79 Å². The van der Waals surface area contributed by atoms with Gasteiger partial charge in [0.05, 0.1) is 19.4 Å². The van der Waals surface area contributed by atoms with Crippen LogP contribution in [0.3, 0.4) is 0 Å². The Kier molecular flexibility index (Phi) is 6.77. The monoisotopic (exact) mass is 409 g/mol. The molecule has 0 bridgehead atoms. The minimum absolute atomic E-state index is 0.00787. The lowest BCUT2D eigenvalue weighted by Crippen LogP contribution is -2.30. The Labute approximate surface area is 177 Å². The highest BCUT2D eigenvalue weighted by Crippen LogP contribution is 2.39. The third-order valence-corrected chi connectivity index (χ3v) is 4.66. The second kappa shape index (κ2) is 9.48. The standard InChI is InChI=1S/C24H27NO5/c1-5-29-23(26)15-30-21-11-10-17(13-22(21)28-4)12-19-18-8-6-7-9-20(18)25(24(19)27)14-16(2)3/h6-13,16H,5,14-15H2,1-4H3/b19-12-. The summed E-state index contributed by atoms with van der Waals surface area (Å²) in [4.78, 5) is 26.5. The fraction of sp³-hybridized carbons (Fsp3) is 0.333. The SMILES string of the molecule is CCOC(=O)COc1ccc(/C=C2\C(=O)N(CC(C)C)c3ccccc32)cc1OC. The normalized spacial score (nSPS) is 14.2. The first-order chi connectivity index (χ1) is 14.4. The maximum Gasteiger partial charge on any atom is 0.344 e. The molecule has 2 aromatic carbocycles. The Bertz CT molecular complexity index is 964. The van der Waals surface area contributed by atoms with Crippen LogP contribution in [-0.4, -0.2) is 38.7 Å². The number of anilines is 1. The number of methoxy groups -OCH3 is 1. The van der Waals surface area contributed by atoms with Crippen LogP contribution in [-0.2, 0) is 14.3 Å². The van der Waals surface area contributed by atoms with E-state index < -0.39 is 5.97 Å². The highest BCUT2D eigenvalue weighted by atomic mass is 16.6. The van der Waals surface area contributed by atoms with Crippen molar-refractivity contribution in [3.8, 4) is 11.5 Å². The first-order valence-electron chi connectivity index (χ1n) is 10.0. The second-order valence-corrected chi connectivity index (χ2v) is 7.39. The molecule has 0 spiro atoms. The van der Waals surface area contributed by atoms with E-state index in [2.05, 4.69) is 13.8 Å². The first kappa shape index (κ1) is 21.4. The number of hydrogen-bond acceptors (Lipinski definition) is 5. The number of fused-ring (bicyclic) bond motifs is 1. The van der Waals surface area contributed by atoms with Crippen LogP contribution in [0.25, 0.3) is 11.6 Å². The largest absolute Gasteiger partial charge is 0.493 e. The van der Waals surface area contributed by atoms with Crippen LogP contribution < -0.4 is 14.4 Å².